The lowest BCUT2D eigenvalue weighted by Gasteiger charge is -2.43. The molecule has 0 spiro atoms. The lowest BCUT2D eigenvalue weighted by molar-refractivity contribution is 0.172. The molecule has 0 saturated heterocycles. The SMILES string of the molecule is CC1CCC(C(C)(C)c2cccc3cccnc23)C(N)C1. The number of hydrogen-bond donors (Lipinski definition) is 1. The first-order chi connectivity index (χ1) is 10.00. The standard InChI is InChI=1S/C19H26N2/c1-13-9-10-15(17(20)12-13)19(2,3)16-8-4-6-14-7-5-11-21-18(14)16/h4-8,11,13,15,17H,9-10,12,20H2,1-3H3. The molecule has 0 amide bonds. The zero-order valence-corrected chi connectivity index (χ0v) is 13.3. The molecule has 2 N–H and O–H groups in total. The summed E-state index contributed by atoms with van der Waals surface area (Å²) in [6.07, 6.45) is 5.55. The molecule has 0 bridgehead atoms. The fraction of sp³-hybridized carbons (Fsp3) is 0.526. The van der Waals surface area contributed by atoms with Crippen molar-refractivity contribution < 1.29 is 0 Å². The van der Waals surface area contributed by atoms with Gasteiger partial charge in [0.1, 0.15) is 0 Å². The Hall–Kier alpha value is -1.41. The van der Waals surface area contributed by atoms with Crippen LogP contribution in [0.25, 0.3) is 10.9 Å². The molecule has 2 aromatic rings. The molecular weight excluding hydrogens is 256 g/mol. The fourth-order valence-corrected chi connectivity index (χ4v) is 4.14. The summed E-state index contributed by atoms with van der Waals surface area (Å²) < 4.78 is 0. The average molecular weight is 282 g/mol. The van der Waals surface area contributed by atoms with Crippen LogP contribution < -0.4 is 5.73 Å². The third kappa shape index (κ3) is 2.57. The maximum atomic E-state index is 6.52. The van der Waals surface area contributed by atoms with Gasteiger partial charge in [-0.15, -0.1) is 0 Å². The van der Waals surface area contributed by atoms with Gasteiger partial charge in [-0.3, -0.25) is 4.98 Å². The molecule has 112 valence electrons. The van der Waals surface area contributed by atoms with Gasteiger partial charge in [0, 0.05) is 17.6 Å². The third-order valence-corrected chi connectivity index (χ3v) is 5.42. The van der Waals surface area contributed by atoms with Crippen molar-refractivity contribution in [3.05, 3.63) is 42.1 Å². The second kappa shape index (κ2) is 5.42. The molecule has 3 unspecified atom stereocenters. The highest BCUT2D eigenvalue weighted by Gasteiger charge is 2.39. The number of para-hydroxylation sites is 1. The predicted octanol–water partition coefficient (Wildman–Crippen LogP) is 4.28. The second-order valence-corrected chi connectivity index (χ2v) is 7.29. The monoisotopic (exact) mass is 282 g/mol. The largest absolute Gasteiger partial charge is 0.327 e. The van der Waals surface area contributed by atoms with E-state index in [2.05, 4.69) is 50.0 Å². The Labute approximate surface area is 127 Å². The van der Waals surface area contributed by atoms with Crippen LogP contribution in [0.5, 0.6) is 0 Å². The van der Waals surface area contributed by atoms with E-state index in [9.17, 15) is 0 Å². The molecule has 1 aromatic heterocycles. The summed E-state index contributed by atoms with van der Waals surface area (Å²) in [5.74, 6) is 1.29. The van der Waals surface area contributed by atoms with Gasteiger partial charge in [-0.25, -0.2) is 0 Å². The molecule has 1 aliphatic carbocycles. The number of nitrogens with zero attached hydrogens (tertiary/aromatic N) is 1. The summed E-state index contributed by atoms with van der Waals surface area (Å²) in [5.41, 5.74) is 9.06. The van der Waals surface area contributed by atoms with E-state index in [1.807, 2.05) is 12.3 Å². The topological polar surface area (TPSA) is 38.9 Å². The van der Waals surface area contributed by atoms with E-state index >= 15 is 0 Å². The Morgan fingerprint density at radius 3 is 2.67 bits per heavy atom. The quantitative estimate of drug-likeness (QED) is 0.893. The molecule has 1 fully saturated rings. The van der Waals surface area contributed by atoms with Crippen LogP contribution in [0.1, 0.15) is 45.6 Å². The van der Waals surface area contributed by atoms with E-state index in [1.54, 1.807) is 0 Å². The third-order valence-electron chi connectivity index (χ3n) is 5.42. The number of benzene rings is 1. The first-order valence-corrected chi connectivity index (χ1v) is 8.10. The van der Waals surface area contributed by atoms with Crippen molar-refractivity contribution in [2.75, 3.05) is 0 Å². The Balaban J connectivity index is 2.04. The zero-order valence-electron chi connectivity index (χ0n) is 13.3. The van der Waals surface area contributed by atoms with E-state index in [4.69, 9.17) is 5.73 Å². The molecule has 0 aliphatic heterocycles. The minimum Gasteiger partial charge on any atom is -0.327 e. The first-order valence-electron chi connectivity index (χ1n) is 8.10. The van der Waals surface area contributed by atoms with E-state index < -0.39 is 0 Å². The number of pyridine rings is 1. The van der Waals surface area contributed by atoms with Gasteiger partial charge in [-0.1, -0.05) is 51.5 Å². The molecule has 1 aliphatic rings. The molecule has 1 saturated carbocycles. The number of fused-ring (bicyclic) bond motifs is 1. The van der Waals surface area contributed by atoms with Crippen molar-refractivity contribution in [3.8, 4) is 0 Å². The van der Waals surface area contributed by atoms with Crippen molar-refractivity contribution in [2.24, 2.45) is 17.6 Å². The molecule has 2 nitrogen and oxygen atoms in total. The lowest BCUT2D eigenvalue weighted by Crippen LogP contribution is -2.45. The summed E-state index contributed by atoms with van der Waals surface area (Å²) in [7, 11) is 0. The van der Waals surface area contributed by atoms with Gasteiger partial charge >= 0.3 is 0 Å². The first kappa shape index (κ1) is 14.5. The second-order valence-electron chi connectivity index (χ2n) is 7.29. The van der Waals surface area contributed by atoms with Gasteiger partial charge in [0.2, 0.25) is 0 Å². The van der Waals surface area contributed by atoms with Gasteiger partial charge in [0.05, 0.1) is 5.52 Å². The van der Waals surface area contributed by atoms with Crippen LogP contribution >= 0.6 is 0 Å². The van der Waals surface area contributed by atoms with Crippen LogP contribution in [0.2, 0.25) is 0 Å². The van der Waals surface area contributed by atoms with Crippen LogP contribution in [0.3, 0.4) is 0 Å². The average Bonchev–Trinajstić information content (AvgIpc) is 2.46. The normalized spacial score (nSPS) is 27.0. The molecule has 21 heavy (non-hydrogen) atoms. The highest BCUT2D eigenvalue weighted by atomic mass is 14.7. The minimum atomic E-state index is 0.0629. The molecule has 1 heterocycles. The number of hydrogen-bond acceptors (Lipinski definition) is 2. The highest BCUT2D eigenvalue weighted by molar-refractivity contribution is 5.82. The number of nitrogens with two attached hydrogens (primary N) is 1. The summed E-state index contributed by atoms with van der Waals surface area (Å²) >= 11 is 0. The van der Waals surface area contributed by atoms with E-state index in [0.717, 1.165) is 17.9 Å². The molecular formula is C19H26N2. The molecule has 3 rings (SSSR count). The van der Waals surface area contributed by atoms with E-state index in [0.29, 0.717) is 12.0 Å². The summed E-state index contributed by atoms with van der Waals surface area (Å²) in [4.78, 5) is 4.64. The van der Waals surface area contributed by atoms with Crippen molar-refractivity contribution >= 4 is 10.9 Å². The van der Waals surface area contributed by atoms with E-state index in [1.165, 1.54) is 23.8 Å². The van der Waals surface area contributed by atoms with Crippen LogP contribution in [-0.2, 0) is 5.41 Å². The van der Waals surface area contributed by atoms with Crippen molar-refractivity contribution in [1.82, 2.24) is 4.98 Å². The summed E-state index contributed by atoms with van der Waals surface area (Å²) in [5, 5.41) is 1.22. The zero-order chi connectivity index (χ0) is 15.0. The van der Waals surface area contributed by atoms with Gasteiger partial charge in [0.15, 0.2) is 0 Å². The Bertz CT molecular complexity index is 627. The lowest BCUT2D eigenvalue weighted by atomic mass is 9.63. The summed E-state index contributed by atoms with van der Waals surface area (Å²) in [6.45, 7) is 7.01. The summed E-state index contributed by atoms with van der Waals surface area (Å²) in [6, 6.07) is 11.0. The molecule has 0 radical (unpaired) electrons. The van der Waals surface area contributed by atoms with Crippen LogP contribution in [-0.4, -0.2) is 11.0 Å². The van der Waals surface area contributed by atoms with Gasteiger partial charge in [-0.2, -0.15) is 0 Å². The highest BCUT2D eigenvalue weighted by Crippen LogP contribution is 2.43. The van der Waals surface area contributed by atoms with Gasteiger partial charge in [0.25, 0.3) is 0 Å². The van der Waals surface area contributed by atoms with Crippen molar-refractivity contribution in [1.29, 1.82) is 0 Å². The maximum Gasteiger partial charge on any atom is 0.0739 e. The van der Waals surface area contributed by atoms with Crippen molar-refractivity contribution in [2.45, 2.75) is 51.5 Å². The van der Waals surface area contributed by atoms with Crippen LogP contribution in [0.15, 0.2) is 36.5 Å². The van der Waals surface area contributed by atoms with E-state index in [-0.39, 0.29) is 5.41 Å². The molecule has 1 aromatic carbocycles. The smallest absolute Gasteiger partial charge is 0.0739 e. The van der Waals surface area contributed by atoms with Gasteiger partial charge in [-0.05, 0) is 41.7 Å². The fourth-order valence-electron chi connectivity index (χ4n) is 4.14. The number of aromatic nitrogens is 1. The Kier molecular flexibility index (Phi) is 3.75. The Morgan fingerprint density at radius 2 is 1.90 bits per heavy atom. The Morgan fingerprint density at radius 1 is 1.14 bits per heavy atom. The van der Waals surface area contributed by atoms with Crippen LogP contribution in [0, 0.1) is 11.8 Å². The molecule has 3 atom stereocenters. The number of rotatable bonds is 2. The maximum absolute atomic E-state index is 6.52. The van der Waals surface area contributed by atoms with Crippen molar-refractivity contribution in [3.63, 3.8) is 0 Å². The van der Waals surface area contributed by atoms with Gasteiger partial charge < -0.3 is 5.73 Å². The van der Waals surface area contributed by atoms with Crippen LogP contribution in [0.4, 0.5) is 0 Å². The predicted molar refractivity (Wildman–Crippen MR) is 89.2 cm³/mol. The molecule has 2 heteroatoms. The minimum absolute atomic E-state index is 0.0629.